The molecule has 27 heavy (non-hydrogen) atoms. The van der Waals surface area contributed by atoms with E-state index in [-0.39, 0.29) is 24.8 Å². The lowest BCUT2D eigenvalue weighted by Gasteiger charge is -2.24. The number of halogens is 3. The van der Waals surface area contributed by atoms with E-state index in [1.54, 1.807) is 18.2 Å². The van der Waals surface area contributed by atoms with Gasteiger partial charge in [0.1, 0.15) is 18.2 Å². The van der Waals surface area contributed by atoms with Gasteiger partial charge in [0.25, 0.3) is 0 Å². The summed E-state index contributed by atoms with van der Waals surface area (Å²) in [4.78, 5) is 3.62. The van der Waals surface area contributed by atoms with Crippen molar-refractivity contribution in [1.29, 1.82) is 0 Å². The summed E-state index contributed by atoms with van der Waals surface area (Å²) >= 11 is 0. The molecule has 2 N–H and O–H groups in total. The first-order valence-electron chi connectivity index (χ1n) is 9.19. The molecule has 1 saturated heterocycles. The summed E-state index contributed by atoms with van der Waals surface area (Å²) in [5, 5.41) is 7.07. The smallest absolute Gasteiger partial charge is 0.219 e. The number of hydrogen-bond acceptors (Lipinski definition) is 4. The molecule has 146 valence electrons. The summed E-state index contributed by atoms with van der Waals surface area (Å²) < 4.78 is 33.2. The van der Waals surface area contributed by atoms with Crippen molar-refractivity contribution < 1.29 is 13.5 Å². The van der Waals surface area contributed by atoms with Gasteiger partial charge in [-0.1, -0.05) is 6.07 Å². The van der Waals surface area contributed by atoms with E-state index < -0.39 is 5.95 Å². The number of benzene rings is 1. The summed E-state index contributed by atoms with van der Waals surface area (Å²) in [7, 11) is 0. The average Bonchev–Trinajstić information content (AvgIpc) is 3.41. The van der Waals surface area contributed by atoms with Crippen molar-refractivity contribution >= 4 is 12.4 Å². The first-order chi connectivity index (χ1) is 12.7. The maximum Gasteiger partial charge on any atom is 0.219 e. The Labute approximate surface area is 164 Å². The van der Waals surface area contributed by atoms with Gasteiger partial charge in [-0.25, -0.2) is 9.37 Å². The quantitative estimate of drug-likeness (QED) is 0.734. The molecule has 2 heterocycles. The average molecular weight is 396 g/mol. The van der Waals surface area contributed by atoms with E-state index in [1.807, 2.05) is 0 Å². The summed E-state index contributed by atoms with van der Waals surface area (Å²) in [6, 6.07) is 8.88. The Bertz CT molecular complexity index is 771. The standard InChI is InChI=1S/C20H23F2N3O.ClH/c21-14-3-4-16(17-11-18(17)25-15-5-8-23-9-6-15)19(10-14)26-12-13-2-1-7-24-20(13)22;/h1-4,7,10,15,17-18,23,25H,5-6,8-9,11-12H2;1H/t17-,18+;/m0./s1. The van der Waals surface area contributed by atoms with E-state index in [0.717, 1.165) is 37.9 Å². The molecule has 7 heteroatoms. The van der Waals surface area contributed by atoms with E-state index in [1.165, 1.54) is 18.3 Å². The summed E-state index contributed by atoms with van der Waals surface area (Å²) in [6.45, 7) is 2.14. The van der Waals surface area contributed by atoms with E-state index in [2.05, 4.69) is 15.6 Å². The van der Waals surface area contributed by atoms with Crippen LogP contribution in [0.25, 0.3) is 0 Å². The molecule has 4 nitrogen and oxygen atoms in total. The lowest BCUT2D eigenvalue weighted by atomic mass is 10.1. The van der Waals surface area contributed by atoms with Gasteiger partial charge in [-0.2, -0.15) is 4.39 Å². The predicted molar refractivity (Wildman–Crippen MR) is 102 cm³/mol. The molecule has 1 saturated carbocycles. The number of nitrogens with zero attached hydrogens (tertiary/aromatic N) is 1. The highest BCUT2D eigenvalue weighted by Gasteiger charge is 2.41. The first-order valence-corrected chi connectivity index (χ1v) is 9.19. The highest BCUT2D eigenvalue weighted by molar-refractivity contribution is 5.85. The number of piperidine rings is 1. The maximum atomic E-state index is 13.7. The van der Waals surface area contributed by atoms with E-state index >= 15 is 0 Å². The number of ether oxygens (including phenoxy) is 1. The van der Waals surface area contributed by atoms with Crippen LogP contribution in [0.2, 0.25) is 0 Å². The zero-order valence-corrected chi connectivity index (χ0v) is 15.8. The van der Waals surface area contributed by atoms with Gasteiger partial charge in [-0.15, -0.1) is 12.4 Å². The van der Waals surface area contributed by atoms with E-state index in [9.17, 15) is 8.78 Å². The zero-order valence-electron chi connectivity index (χ0n) is 15.0. The highest BCUT2D eigenvalue weighted by atomic mass is 35.5. The van der Waals surface area contributed by atoms with Gasteiger partial charge >= 0.3 is 0 Å². The lowest BCUT2D eigenvalue weighted by molar-refractivity contribution is 0.293. The molecule has 2 aliphatic rings. The Hall–Kier alpha value is -1.76. The summed E-state index contributed by atoms with van der Waals surface area (Å²) in [5.41, 5.74) is 1.35. The first kappa shape index (κ1) is 20.0. The number of aromatic nitrogens is 1. The van der Waals surface area contributed by atoms with Crippen molar-refractivity contribution in [3.63, 3.8) is 0 Å². The summed E-state index contributed by atoms with van der Waals surface area (Å²) in [5.74, 6) is -0.0895. The van der Waals surface area contributed by atoms with Gasteiger partial charge < -0.3 is 15.4 Å². The molecule has 1 aromatic carbocycles. The molecule has 0 radical (unpaired) electrons. The third-order valence-corrected chi connectivity index (χ3v) is 5.17. The number of hydrogen-bond donors (Lipinski definition) is 2. The van der Waals surface area contributed by atoms with Crippen molar-refractivity contribution in [2.75, 3.05) is 13.1 Å². The topological polar surface area (TPSA) is 46.2 Å². The fraction of sp³-hybridized carbons (Fsp3) is 0.450. The van der Waals surface area contributed by atoms with Crippen molar-refractivity contribution in [2.45, 2.75) is 43.9 Å². The van der Waals surface area contributed by atoms with Crippen molar-refractivity contribution in [3.8, 4) is 5.75 Å². The van der Waals surface area contributed by atoms with Crippen LogP contribution in [0.4, 0.5) is 8.78 Å². The minimum atomic E-state index is -0.553. The van der Waals surface area contributed by atoms with Crippen LogP contribution in [-0.2, 0) is 6.61 Å². The van der Waals surface area contributed by atoms with Gasteiger partial charge in [-0.05, 0) is 56.1 Å². The van der Waals surface area contributed by atoms with Crippen molar-refractivity contribution in [1.82, 2.24) is 15.6 Å². The van der Waals surface area contributed by atoms with E-state index in [4.69, 9.17) is 4.74 Å². The van der Waals surface area contributed by atoms with Gasteiger partial charge in [0.05, 0.1) is 0 Å². The molecular weight excluding hydrogens is 372 g/mol. The lowest BCUT2D eigenvalue weighted by Crippen LogP contribution is -2.41. The molecule has 0 spiro atoms. The number of rotatable bonds is 6. The Balaban J connectivity index is 0.00000210. The van der Waals surface area contributed by atoms with Crippen LogP contribution in [0.5, 0.6) is 5.75 Å². The van der Waals surface area contributed by atoms with Crippen LogP contribution in [0.3, 0.4) is 0 Å². The number of pyridine rings is 1. The minimum Gasteiger partial charge on any atom is -0.488 e. The van der Waals surface area contributed by atoms with Crippen LogP contribution >= 0.6 is 12.4 Å². The van der Waals surface area contributed by atoms with Crippen molar-refractivity contribution in [2.24, 2.45) is 0 Å². The molecule has 1 aliphatic carbocycles. The molecule has 2 aromatic rings. The second-order valence-electron chi connectivity index (χ2n) is 7.06. The van der Waals surface area contributed by atoms with Crippen LogP contribution in [0.1, 0.15) is 36.3 Å². The summed E-state index contributed by atoms with van der Waals surface area (Å²) in [6.07, 6.45) is 4.69. The molecule has 0 bridgehead atoms. The Kier molecular flexibility index (Phi) is 6.63. The normalized spacial score (nSPS) is 22.1. The van der Waals surface area contributed by atoms with Crippen LogP contribution in [-0.4, -0.2) is 30.2 Å². The third-order valence-electron chi connectivity index (χ3n) is 5.17. The highest BCUT2D eigenvalue weighted by Crippen LogP contribution is 2.45. The van der Waals surface area contributed by atoms with Crippen LogP contribution in [0, 0.1) is 11.8 Å². The second kappa shape index (κ2) is 8.95. The molecule has 0 unspecified atom stereocenters. The Morgan fingerprint density at radius 3 is 2.78 bits per heavy atom. The molecule has 2 fully saturated rings. The van der Waals surface area contributed by atoms with Gasteiger partial charge in [0, 0.05) is 35.8 Å². The molecule has 0 amide bonds. The Morgan fingerprint density at radius 1 is 1.19 bits per heavy atom. The van der Waals surface area contributed by atoms with Gasteiger partial charge in [0.15, 0.2) is 0 Å². The largest absolute Gasteiger partial charge is 0.488 e. The predicted octanol–water partition coefficient (Wildman–Crippen LogP) is 3.56. The zero-order chi connectivity index (χ0) is 17.9. The van der Waals surface area contributed by atoms with Gasteiger partial charge in [0.2, 0.25) is 5.95 Å². The van der Waals surface area contributed by atoms with Crippen LogP contribution in [0.15, 0.2) is 36.5 Å². The third kappa shape index (κ3) is 4.94. The molecule has 1 aromatic heterocycles. The SMILES string of the molecule is Cl.Fc1ccc([C@@H]2C[C@H]2NC2CCNCC2)c(OCc2cccnc2F)c1. The van der Waals surface area contributed by atoms with Crippen LogP contribution < -0.4 is 15.4 Å². The maximum absolute atomic E-state index is 13.7. The monoisotopic (exact) mass is 395 g/mol. The molecular formula is C20H24ClF2N3O. The molecule has 2 atom stereocenters. The fourth-order valence-corrected chi connectivity index (χ4v) is 3.64. The minimum absolute atomic E-state index is 0. The Morgan fingerprint density at radius 2 is 2.00 bits per heavy atom. The molecule has 4 rings (SSSR count). The van der Waals surface area contributed by atoms with Gasteiger partial charge in [-0.3, -0.25) is 0 Å². The molecule has 1 aliphatic heterocycles. The van der Waals surface area contributed by atoms with E-state index in [0.29, 0.717) is 29.3 Å². The second-order valence-corrected chi connectivity index (χ2v) is 7.06. The fourth-order valence-electron chi connectivity index (χ4n) is 3.64. The van der Waals surface area contributed by atoms with Crippen molar-refractivity contribution in [3.05, 3.63) is 59.4 Å². The number of nitrogens with one attached hydrogen (secondary N) is 2.